The fourth-order valence-electron chi connectivity index (χ4n) is 2.39. The fourth-order valence-corrected chi connectivity index (χ4v) is 2.39. The summed E-state index contributed by atoms with van der Waals surface area (Å²) in [5.74, 6) is -0.897. The third-order valence-electron chi connectivity index (χ3n) is 3.12. The van der Waals surface area contributed by atoms with Crippen molar-refractivity contribution < 1.29 is 14.3 Å². The first-order valence-electron chi connectivity index (χ1n) is 5.66. The van der Waals surface area contributed by atoms with Gasteiger partial charge in [-0.05, 0) is 19.4 Å². The number of methoxy groups -OCH3 is 1. The summed E-state index contributed by atoms with van der Waals surface area (Å²) in [6.07, 6.45) is 0.252. The molecule has 18 heavy (non-hydrogen) atoms. The molecule has 1 atom stereocenters. The summed E-state index contributed by atoms with van der Waals surface area (Å²) in [5, 5.41) is 2.73. The van der Waals surface area contributed by atoms with Crippen molar-refractivity contribution in [2.75, 3.05) is 12.4 Å². The van der Waals surface area contributed by atoms with Crippen molar-refractivity contribution >= 4 is 17.6 Å². The molecule has 0 saturated carbocycles. The van der Waals surface area contributed by atoms with Gasteiger partial charge in [0.15, 0.2) is 5.41 Å². The van der Waals surface area contributed by atoms with E-state index in [1.807, 2.05) is 6.07 Å². The van der Waals surface area contributed by atoms with Gasteiger partial charge in [0, 0.05) is 11.3 Å². The molecule has 2 rings (SSSR count). The van der Waals surface area contributed by atoms with Crippen LogP contribution in [0.4, 0.5) is 5.69 Å². The second-order valence-electron chi connectivity index (χ2n) is 4.53. The van der Waals surface area contributed by atoms with Gasteiger partial charge in [0.25, 0.3) is 0 Å². The van der Waals surface area contributed by atoms with Gasteiger partial charge in [-0.3, -0.25) is 9.59 Å². The highest BCUT2D eigenvalue weighted by molar-refractivity contribution is 6.19. The number of nitrogens with one attached hydrogen (secondary N) is 1. The highest BCUT2D eigenvalue weighted by Gasteiger charge is 2.53. The Kier molecular flexibility index (Phi) is 2.95. The van der Waals surface area contributed by atoms with Gasteiger partial charge in [-0.15, -0.1) is 6.58 Å². The van der Waals surface area contributed by atoms with Crippen LogP contribution in [0.5, 0.6) is 0 Å². The molecule has 0 saturated heterocycles. The smallest absolute Gasteiger partial charge is 0.326 e. The van der Waals surface area contributed by atoms with E-state index in [9.17, 15) is 9.59 Å². The van der Waals surface area contributed by atoms with Gasteiger partial charge in [-0.25, -0.2) is 0 Å². The predicted octanol–water partition coefficient (Wildman–Crippen LogP) is 2.02. The van der Waals surface area contributed by atoms with Crippen molar-refractivity contribution in [3.63, 3.8) is 0 Å². The van der Waals surface area contributed by atoms with E-state index in [1.165, 1.54) is 7.11 Å². The molecule has 1 aromatic carbocycles. The second kappa shape index (κ2) is 4.29. The molecule has 0 bridgehead atoms. The zero-order valence-electron chi connectivity index (χ0n) is 10.4. The first-order chi connectivity index (χ1) is 8.52. The number of rotatable bonds is 3. The van der Waals surface area contributed by atoms with Gasteiger partial charge in [-0.2, -0.15) is 0 Å². The van der Waals surface area contributed by atoms with Crippen LogP contribution in [0.25, 0.3) is 0 Å². The lowest BCUT2D eigenvalue weighted by Crippen LogP contribution is -2.43. The third kappa shape index (κ3) is 1.61. The topological polar surface area (TPSA) is 55.4 Å². The largest absolute Gasteiger partial charge is 0.468 e. The summed E-state index contributed by atoms with van der Waals surface area (Å²) in [6, 6.07) is 7.16. The lowest BCUT2D eigenvalue weighted by Gasteiger charge is -2.24. The zero-order chi connectivity index (χ0) is 13.3. The molecular formula is C14H15NO3. The van der Waals surface area contributed by atoms with Crippen LogP contribution in [-0.4, -0.2) is 19.0 Å². The van der Waals surface area contributed by atoms with E-state index in [0.717, 1.165) is 5.57 Å². The van der Waals surface area contributed by atoms with E-state index in [4.69, 9.17) is 4.74 Å². The number of esters is 1. The average Bonchev–Trinajstić information content (AvgIpc) is 2.62. The maximum absolute atomic E-state index is 12.2. The molecule has 94 valence electrons. The van der Waals surface area contributed by atoms with Crippen molar-refractivity contribution in [3.05, 3.63) is 42.0 Å². The number of amides is 1. The molecule has 1 N–H and O–H groups in total. The Morgan fingerprint density at radius 1 is 1.44 bits per heavy atom. The SMILES string of the molecule is C=C(C)CC1(C(=O)OC)C(=O)Nc2ccccc21. The quantitative estimate of drug-likeness (QED) is 0.503. The van der Waals surface area contributed by atoms with Gasteiger partial charge in [0.05, 0.1) is 7.11 Å². The van der Waals surface area contributed by atoms with Crippen LogP contribution in [0.3, 0.4) is 0 Å². The highest BCUT2D eigenvalue weighted by Crippen LogP contribution is 2.42. The standard InChI is InChI=1S/C14H15NO3/c1-9(2)8-14(13(17)18-3)10-6-4-5-7-11(10)15-12(14)16/h4-7H,1,8H2,2-3H3,(H,15,16). The summed E-state index contributed by atoms with van der Waals surface area (Å²) in [6.45, 7) is 5.59. The first-order valence-corrected chi connectivity index (χ1v) is 5.66. The molecule has 1 aliphatic rings. The van der Waals surface area contributed by atoms with Gasteiger partial charge >= 0.3 is 5.97 Å². The minimum atomic E-state index is -1.29. The van der Waals surface area contributed by atoms with Crippen LogP contribution >= 0.6 is 0 Å². The first kappa shape index (κ1) is 12.4. The molecule has 1 aliphatic heterocycles. The normalized spacial score (nSPS) is 21.1. The highest BCUT2D eigenvalue weighted by atomic mass is 16.5. The van der Waals surface area contributed by atoms with Crippen LogP contribution in [0, 0.1) is 0 Å². The van der Waals surface area contributed by atoms with E-state index in [0.29, 0.717) is 11.3 Å². The van der Waals surface area contributed by atoms with Crippen LogP contribution in [0.1, 0.15) is 18.9 Å². The summed E-state index contributed by atoms with van der Waals surface area (Å²) in [4.78, 5) is 24.4. The van der Waals surface area contributed by atoms with Crippen molar-refractivity contribution in [2.24, 2.45) is 0 Å². The van der Waals surface area contributed by atoms with Gasteiger partial charge in [0.2, 0.25) is 5.91 Å². The van der Waals surface area contributed by atoms with Crippen LogP contribution in [0.2, 0.25) is 0 Å². The van der Waals surface area contributed by atoms with Gasteiger partial charge in [-0.1, -0.05) is 23.8 Å². The van der Waals surface area contributed by atoms with E-state index in [1.54, 1.807) is 25.1 Å². The Morgan fingerprint density at radius 2 is 2.11 bits per heavy atom. The Labute approximate surface area is 106 Å². The average molecular weight is 245 g/mol. The molecule has 1 amide bonds. The van der Waals surface area contributed by atoms with Crippen LogP contribution in [-0.2, 0) is 19.7 Å². The molecule has 1 aromatic rings. The van der Waals surface area contributed by atoms with Gasteiger partial charge in [0.1, 0.15) is 0 Å². The van der Waals surface area contributed by atoms with Crippen LogP contribution < -0.4 is 5.32 Å². The Bertz CT molecular complexity index is 526. The number of carbonyl (C=O) groups is 2. The molecule has 0 aromatic heterocycles. The van der Waals surface area contributed by atoms with Crippen molar-refractivity contribution in [1.82, 2.24) is 0 Å². The summed E-state index contributed by atoms with van der Waals surface area (Å²) < 4.78 is 4.82. The predicted molar refractivity (Wildman–Crippen MR) is 68.2 cm³/mol. The lowest BCUT2D eigenvalue weighted by atomic mass is 9.77. The molecule has 0 radical (unpaired) electrons. The maximum Gasteiger partial charge on any atom is 0.326 e. The number of anilines is 1. The molecule has 4 nitrogen and oxygen atoms in total. The second-order valence-corrected chi connectivity index (χ2v) is 4.53. The monoisotopic (exact) mass is 245 g/mol. The molecular weight excluding hydrogens is 230 g/mol. The summed E-state index contributed by atoms with van der Waals surface area (Å²) in [5.41, 5.74) is 0.781. The third-order valence-corrected chi connectivity index (χ3v) is 3.12. The van der Waals surface area contributed by atoms with E-state index in [2.05, 4.69) is 11.9 Å². The Hall–Kier alpha value is -2.10. The molecule has 1 heterocycles. The number of benzene rings is 1. The Morgan fingerprint density at radius 3 is 2.72 bits per heavy atom. The van der Waals surface area contributed by atoms with Crippen molar-refractivity contribution in [1.29, 1.82) is 0 Å². The number of ether oxygens (including phenoxy) is 1. The van der Waals surface area contributed by atoms with Crippen molar-refractivity contribution in [2.45, 2.75) is 18.8 Å². The lowest BCUT2D eigenvalue weighted by molar-refractivity contribution is -0.150. The molecule has 4 heteroatoms. The minimum Gasteiger partial charge on any atom is -0.468 e. The number of carbonyl (C=O) groups excluding carboxylic acids is 2. The maximum atomic E-state index is 12.2. The van der Waals surface area contributed by atoms with Gasteiger partial charge < -0.3 is 10.1 Å². The Balaban J connectivity index is 2.63. The zero-order valence-corrected chi connectivity index (χ0v) is 10.4. The van der Waals surface area contributed by atoms with Crippen LogP contribution in [0.15, 0.2) is 36.4 Å². The molecule has 0 aliphatic carbocycles. The number of para-hydroxylation sites is 1. The van der Waals surface area contributed by atoms with E-state index in [-0.39, 0.29) is 12.3 Å². The summed E-state index contributed by atoms with van der Waals surface area (Å²) >= 11 is 0. The number of fused-ring (bicyclic) bond motifs is 1. The molecule has 1 unspecified atom stereocenters. The van der Waals surface area contributed by atoms with E-state index >= 15 is 0 Å². The minimum absolute atomic E-state index is 0.252. The molecule has 0 fully saturated rings. The number of allylic oxidation sites excluding steroid dienone is 1. The number of hydrogen-bond donors (Lipinski definition) is 1. The van der Waals surface area contributed by atoms with E-state index < -0.39 is 11.4 Å². The fraction of sp³-hybridized carbons (Fsp3) is 0.286. The molecule has 0 spiro atoms. The van der Waals surface area contributed by atoms with Crippen molar-refractivity contribution in [3.8, 4) is 0 Å². The number of hydrogen-bond acceptors (Lipinski definition) is 3. The summed E-state index contributed by atoms with van der Waals surface area (Å²) in [7, 11) is 1.29.